The number of nitrogens with zero attached hydrogens (tertiary/aromatic N) is 2. The standard InChI is InChI=1S/C20H28N2O5/c1-21-6-7-22(11-17(21)12-23)19(24)15-8-16(20(25)26-2)10-18(9-15)27-13-14-4-3-5-14/h8-10,14,17,23H,3-7,11-13H2,1-2H3/t17-/m1/s1. The third-order valence-corrected chi connectivity index (χ3v) is 5.56. The number of esters is 1. The molecular weight excluding hydrogens is 348 g/mol. The zero-order chi connectivity index (χ0) is 19.4. The van der Waals surface area contributed by atoms with E-state index in [0.29, 0.717) is 49.0 Å². The van der Waals surface area contributed by atoms with E-state index in [-0.39, 0.29) is 18.6 Å². The largest absolute Gasteiger partial charge is 0.493 e. The number of rotatable bonds is 6. The van der Waals surface area contributed by atoms with Crippen LogP contribution in [0, 0.1) is 5.92 Å². The highest BCUT2D eigenvalue weighted by Gasteiger charge is 2.28. The van der Waals surface area contributed by atoms with Gasteiger partial charge in [0.1, 0.15) is 5.75 Å². The van der Waals surface area contributed by atoms with Gasteiger partial charge in [0.2, 0.25) is 0 Å². The van der Waals surface area contributed by atoms with Crippen LogP contribution in [-0.4, -0.2) is 79.8 Å². The maximum Gasteiger partial charge on any atom is 0.338 e. The molecule has 0 unspecified atom stereocenters. The minimum atomic E-state index is -0.496. The lowest BCUT2D eigenvalue weighted by atomic mass is 9.86. The molecule has 1 saturated heterocycles. The van der Waals surface area contributed by atoms with Crippen molar-refractivity contribution in [3.63, 3.8) is 0 Å². The van der Waals surface area contributed by atoms with Gasteiger partial charge in [-0.1, -0.05) is 6.42 Å². The molecule has 1 N–H and O–H groups in total. The molecule has 0 aromatic heterocycles. The van der Waals surface area contributed by atoms with E-state index in [2.05, 4.69) is 0 Å². The number of ether oxygens (including phenoxy) is 2. The van der Waals surface area contributed by atoms with Crippen molar-refractivity contribution in [3.05, 3.63) is 29.3 Å². The number of piperazine rings is 1. The summed E-state index contributed by atoms with van der Waals surface area (Å²) < 4.78 is 10.7. The molecule has 1 saturated carbocycles. The fraction of sp³-hybridized carbons (Fsp3) is 0.600. The van der Waals surface area contributed by atoms with E-state index in [0.717, 1.165) is 12.8 Å². The lowest BCUT2D eigenvalue weighted by molar-refractivity contribution is 0.0420. The first kappa shape index (κ1) is 19.6. The average molecular weight is 376 g/mol. The van der Waals surface area contributed by atoms with Gasteiger partial charge >= 0.3 is 5.97 Å². The van der Waals surface area contributed by atoms with Crippen LogP contribution in [0.5, 0.6) is 5.75 Å². The Kier molecular flexibility index (Phi) is 6.34. The summed E-state index contributed by atoms with van der Waals surface area (Å²) in [5.41, 5.74) is 0.711. The van der Waals surface area contributed by atoms with Gasteiger partial charge in [-0.15, -0.1) is 0 Å². The van der Waals surface area contributed by atoms with Crippen LogP contribution in [0.25, 0.3) is 0 Å². The van der Waals surface area contributed by atoms with Crippen molar-refractivity contribution < 1.29 is 24.2 Å². The molecule has 7 nitrogen and oxygen atoms in total. The molecule has 7 heteroatoms. The molecule has 1 amide bonds. The van der Waals surface area contributed by atoms with Crippen LogP contribution in [0.3, 0.4) is 0 Å². The highest BCUT2D eigenvalue weighted by atomic mass is 16.5. The number of carbonyl (C=O) groups excluding carboxylic acids is 2. The Morgan fingerprint density at radius 3 is 2.56 bits per heavy atom. The molecule has 1 heterocycles. The zero-order valence-corrected chi connectivity index (χ0v) is 16.0. The monoisotopic (exact) mass is 376 g/mol. The molecule has 2 aliphatic rings. The Balaban J connectivity index is 1.79. The molecular formula is C20H28N2O5. The summed E-state index contributed by atoms with van der Waals surface area (Å²) in [7, 11) is 3.25. The van der Waals surface area contributed by atoms with Gasteiger partial charge in [-0.25, -0.2) is 4.79 Å². The van der Waals surface area contributed by atoms with Gasteiger partial charge < -0.3 is 19.5 Å². The Hall–Kier alpha value is -2.12. The van der Waals surface area contributed by atoms with Crippen molar-refractivity contribution in [1.82, 2.24) is 9.80 Å². The molecule has 3 rings (SSSR count). The minimum Gasteiger partial charge on any atom is -0.493 e. The van der Waals surface area contributed by atoms with Gasteiger partial charge in [0.15, 0.2) is 0 Å². The number of carbonyl (C=O) groups is 2. The normalized spacial score (nSPS) is 20.9. The number of hydrogen-bond donors (Lipinski definition) is 1. The van der Waals surface area contributed by atoms with Crippen LogP contribution in [0.15, 0.2) is 18.2 Å². The number of methoxy groups -OCH3 is 1. The fourth-order valence-corrected chi connectivity index (χ4v) is 3.43. The van der Waals surface area contributed by atoms with E-state index in [1.807, 2.05) is 11.9 Å². The molecule has 0 spiro atoms. The quantitative estimate of drug-likeness (QED) is 0.756. The molecule has 27 heavy (non-hydrogen) atoms. The van der Waals surface area contributed by atoms with Gasteiger partial charge in [0.05, 0.1) is 31.9 Å². The van der Waals surface area contributed by atoms with Crippen LogP contribution >= 0.6 is 0 Å². The van der Waals surface area contributed by atoms with Crippen molar-refractivity contribution in [3.8, 4) is 5.75 Å². The highest BCUT2D eigenvalue weighted by molar-refractivity contribution is 5.98. The predicted octanol–water partition coefficient (Wildman–Crippen LogP) is 1.40. The molecule has 1 aliphatic heterocycles. The molecule has 1 atom stereocenters. The lowest BCUT2D eigenvalue weighted by Crippen LogP contribution is -2.54. The van der Waals surface area contributed by atoms with Gasteiger partial charge in [-0.05, 0) is 44.0 Å². The van der Waals surface area contributed by atoms with Crippen molar-refractivity contribution in [2.45, 2.75) is 25.3 Å². The minimum absolute atomic E-state index is 0.00176. The SMILES string of the molecule is COC(=O)c1cc(OCC2CCC2)cc(C(=O)N2CCN(C)[C@@H](CO)C2)c1. The van der Waals surface area contributed by atoms with E-state index in [1.165, 1.54) is 13.5 Å². The van der Waals surface area contributed by atoms with E-state index < -0.39 is 5.97 Å². The zero-order valence-electron chi connectivity index (χ0n) is 16.0. The highest BCUT2D eigenvalue weighted by Crippen LogP contribution is 2.28. The molecule has 2 fully saturated rings. The summed E-state index contributed by atoms with van der Waals surface area (Å²) in [6.45, 7) is 2.31. The summed E-state index contributed by atoms with van der Waals surface area (Å²) in [5.74, 6) is 0.403. The summed E-state index contributed by atoms with van der Waals surface area (Å²) in [5, 5.41) is 9.51. The van der Waals surface area contributed by atoms with Crippen molar-refractivity contribution in [2.24, 2.45) is 5.92 Å². The van der Waals surface area contributed by atoms with Crippen LogP contribution in [0.1, 0.15) is 40.0 Å². The summed E-state index contributed by atoms with van der Waals surface area (Å²) in [4.78, 5) is 28.8. The van der Waals surface area contributed by atoms with Crippen molar-refractivity contribution >= 4 is 11.9 Å². The second kappa shape index (κ2) is 8.71. The molecule has 1 aromatic rings. The number of hydrogen-bond acceptors (Lipinski definition) is 6. The number of benzene rings is 1. The third kappa shape index (κ3) is 4.59. The van der Waals surface area contributed by atoms with Crippen LogP contribution in [0.2, 0.25) is 0 Å². The molecule has 0 radical (unpaired) electrons. The third-order valence-electron chi connectivity index (χ3n) is 5.56. The Morgan fingerprint density at radius 2 is 1.93 bits per heavy atom. The van der Waals surface area contributed by atoms with E-state index >= 15 is 0 Å². The van der Waals surface area contributed by atoms with Gasteiger partial charge in [-0.2, -0.15) is 0 Å². The number of aliphatic hydroxyl groups excluding tert-OH is 1. The first-order chi connectivity index (χ1) is 13.0. The summed E-state index contributed by atoms with van der Waals surface area (Å²) in [6, 6.07) is 4.79. The van der Waals surface area contributed by atoms with E-state index in [9.17, 15) is 14.7 Å². The smallest absolute Gasteiger partial charge is 0.338 e. The van der Waals surface area contributed by atoms with Gasteiger partial charge in [0, 0.05) is 25.2 Å². The van der Waals surface area contributed by atoms with Gasteiger partial charge in [-0.3, -0.25) is 9.69 Å². The number of likely N-dealkylation sites (N-methyl/N-ethyl adjacent to an activating group) is 1. The maximum atomic E-state index is 13.0. The number of amides is 1. The predicted molar refractivity (Wildman–Crippen MR) is 100 cm³/mol. The summed E-state index contributed by atoms with van der Waals surface area (Å²) in [6.07, 6.45) is 3.55. The average Bonchev–Trinajstić information content (AvgIpc) is 2.65. The summed E-state index contributed by atoms with van der Waals surface area (Å²) >= 11 is 0. The first-order valence-electron chi connectivity index (χ1n) is 9.48. The van der Waals surface area contributed by atoms with Crippen LogP contribution in [-0.2, 0) is 4.74 Å². The van der Waals surface area contributed by atoms with Crippen molar-refractivity contribution in [1.29, 1.82) is 0 Å². The Morgan fingerprint density at radius 1 is 1.19 bits per heavy atom. The second-order valence-corrected chi connectivity index (χ2v) is 7.41. The van der Waals surface area contributed by atoms with Crippen LogP contribution < -0.4 is 4.74 Å². The van der Waals surface area contributed by atoms with Crippen LogP contribution in [0.4, 0.5) is 0 Å². The fourth-order valence-electron chi connectivity index (χ4n) is 3.43. The topological polar surface area (TPSA) is 79.3 Å². The first-order valence-corrected chi connectivity index (χ1v) is 9.48. The molecule has 0 bridgehead atoms. The molecule has 1 aliphatic carbocycles. The Labute approximate surface area is 159 Å². The lowest BCUT2D eigenvalue weighted by Gasteiger charge is -2.38. The molecule has 148 valence electrons. The Bertz CT molecular complexity index is 689. The maximum absolute atomic E-state index is 13.0. The van der Waals surface area contributed by atoms with Crippen molar-refractivity contribution in [2.75, 3.05) is 47.0 Å². The molecule has 1 aromatic carbocycles. The van der Waals surface area contributed by atoms with E-state index in [1.54, 1.807) is 23.1 Å². The second-order valence-electron chi connectivity index (χ2n) is 7.41. The van der Waals surface area contributed by atoms with Gasteiger partial charge in [0.25, 0.3) is 5.91 Å². The number of aliphatic hydroxyl groups is 1. The van der Waals surface area contributed by atoms with E-state index in [4.69, 9.17) is 9.47 Å².